The van der Waals surface area contributed by atoms with E-state index in [0.717, 1.165) is 11.1 Å². The van der Waals surface area contributed by atoms with Gasteiger partial charge in [-0.15, -0.1) is 0 Å². The largest absolute Gasteiger partial charge is 0.508 e. The Kier molecular flexibility index (Phi) is 6.45. The molecule has 0 aliphatic heterocycles. The normalized spacial score (nSPS) is 22.4. The quantitative estimate of drug-likeness (QED) is 0.0856. The van der Waals surface area contributed by atoms with E-state index in [1.165, 1.54) is 36.4 Å². The monoisotopic (exact) mass is 680 g/mol. The Bertz CT molecular complexity index is 2380. The van der Waals surface area contributed by atoms with Gasteiger partial charge in [0.25, 0.3) is 0 Å². The van der Waals surface area contributed by atoms with Crippen molar-refractivity contribution in [2.45, 2.75) is 35.5 Å². The summed E-state index contributed by atoms with van der Waals surface area (Å²) >= 11 is 0. The first-order valence-corrected chi connectivity index (χ1v) is 16.6. The van der Waals surface area contributed by atoms with Gasteiger partial charge in [-0.05, 0) is 94.0 Å². The molecule has 254 valence electrons. The van der Waals surface area contributed by atoms with Crippen molar-refractivity contribution in [2.75, 3.05) is 0 Å². The van der Waals surface area contributed by atoms with Crippen molar-refractivity contribution in [1.82, 2.24) is 0 Å². The predicted octanol–water partition coefficient (Wildman–Crippen LogP) is 7.47. The molecule has 9 heteroatoms. The molecule has 0 fully saturated rings. The molecule has 3 aliphatic carbocycles. The number of hydrogen-bond donors (Lipinski definition) is 9. The van der Waals surface area contributed by atoms with Crippen LogP contribution < -0.4 is 0 Å². The maximum absolute atomic E-state index is 12.1. The Morgan fingerprint density at radius 2 is 0.784 bits per heavy atom. The Morgan fingerprint density at radius 1 is 0.275 bits per heavy atom. The first-order chi connectivity index (χ1) is 24.5. The molecular formula is C42H32O9. The highest BCUT2D eigenvalue weighted by Gasteiger charge is 2.57. The average Bonchev–Trinajstić information content (AvgIpc) is 3.28. The van der Waals surface area contributed by atoms with Gasteiger partial charge in [-0.2, -0.15) is 0 Å². The second-order valence-electron chi connectivity index (χ2n) is 13.8. The van der Waals surface area contributed by atoms with Gasteiger partial charge in [-0.1, -0.05) is 30.3 Å². The Hall–Kier alpha value is -6.48. The molecule has 0 radical (unpaired) electrons. The summed E-state index contributed by atoms with van der Waals surface area (Å²) in [6, 6.07) is 26.6. The van der Waals surface area contributed by atoms with Gasteiger partial charge in [-0.3, -0.25) is 0 Å². The molecule has 6 atom stereocenters. The van der Waals surface area contributed by atoms with Gasteiger partial charge >= 0.3 is 0 Å². The smallest absolute Gasteiger partial charge is 0.123 e. The van der Waals surface area contributed by atoms with Crippen LogP contribution in [-0.2, 0) is 0 Å². The Morgan fingerprint density at radius 3 is 1.39 bits per heavy atom. The highest BCUT2D eigenvalue weighted by Crippen LogP contribution is 2.72. The molecule has 0 aromatic heterocycles. The zero-order valence-corrected chi connectivity index (χ0v) is 26.8. The molecule has 0 heterocycles. The number of benzene rings is 6. The second kappa shape index (κ2) is 10.8. The fourth-order valence-electron chi connectivity index (χ4n) is 9.55. The van der Waals surface area contributed by atoms with Gasteiger partial charge in [0, 0.05) is 69.9 Å². The number of phenolic OH excluding ortho intramolecular Hbond substituents is 9. The summed E-state index contributed by atoms with van der Waals surface area (Å²) in [5.74, 6) is -5.29. The zero-order valence-electron chi connectivity index (χ0n) is 26.8. The highest BCUT2D eigenvalue weighted by atomic mass is 16.3. The molecule has 1 unspecified atom stereocenters. The molecule has 9 nitrogen and oxygen atoms in total. The molecule has 9 N–H and O–H groups in total. The van der Waals surface area contributed by atoms with Crippen molar-refractivity contribution < 1.29 is 46.0 Å². The van der Waals surface area contributed by atoms with E-state index in [2.05, 4.69) is 0 Å². The predicted molar refractivity (Wildman–Crippen MR) is 186 cm³/mol. The third-order valence-corrected chi connectivity index (χ3v) is 11.2. The molecule has 0 saturated heterocycles. The van der Waals surface area contributed by atoms with Gasteiger partial charge < -0.3 is 46.0 Å². The summed E-state index contributed by atoms with van der Waals surface area (Å²) in [4.78, 5) is 0. The van der Waals surface area contributed by atoms with Crippen LogP contribution in [0.2, 0.25) is 0 Å². The van der Waals surface area contributed by atoms with Crippen molar-refractivity contribution >= 4 is 0 Å². The topological polar surface area (TPSA) is 182 Å². The van der Waals surface area contributed by atoms with Crippen LogP contribution in [0.3, 0.4) is 0 Å². The molecule has 9 rings (SSSR count). The molecule has 2 bridgehead atoms. The summed E-state index contributed by atoms with van der Waals surface area (Å²) in [6.45, 7) is 0. The average molecular weight is 681 g/mol. The van der Waals surface area contributed by atoms with E-state index in [9.17, 15) is 46.0 Å². The maximum atomic E-state index is 12.1. The summed E-state index contributed by atoms with van der Waals surface area (Å²) in [7, 11) is 0. The van der Waals surface area contributed by atoms with Crippen LogP contribution in [0.4, 0.5) is 0 Å². The van der Waals surface area contributed by atoms with Crippen LogP contribution in [0, 0.1) is 0 Å². The fraction of sp³-hybridized carbons (Fsp3) is 0.143. The van der Waals surface area contributed by atoms with E-state index in [1.807, 2.05) is 0 Å². The number of hydrogen-bond acceptors (Lipinski definition) is 9. The minimum Gasteiger partial charge on any atom is -0.508 e. The van der Waals surface area contributed by atoms with Crippen LogP contribution in [-0.4, -0.2) is 46.0 Å². The maximum Gasteiger partial charge on any atom is 0.123 e. The molecule has 6 aromatic rings. The van der Waals surface area contributed by atoms with E-state index in [4.69, 9.17) is 0 Å². The van der Waals surface area contributed by atoms with E-state index >= 15 is 0 Å². The molecular weight excluding hydrogens is 648 g/mol. The lowest BCUT2D eigenvalue weighted by atomic mass is 9.66. The van der Waals surface area contributed by atoms with Gasteiger partial charge in [0.15, 0.2) is 0 Å². The van der Waals surface area contributed by atoms with E-state index < -0.39 is 35.5 Å². The van der Waals surface area contributed by atoms with E-state index in [0.29, 0.717) is 44.5 Å². The molecule has 51 heavy (non-hydrogen) atoms. The molecule has 0 spiro atoms. The Labute approximate surface area is 291 Å². The highest BCUT2D eigenvalue weighted by molar-refractivity contribution is 5.75. The molecule has 0 amide bonds. The minimum absolute atomic E-state index is 0.0135. The van der Waals surface area contributed by atoms with Crippen molar-refractivity contribution in [3.63, 3.8) is 0 Å². The number of fused-ring (bicyclic) bond motifs is 4. The summed E-state index contributed by atoms with van der Waals surface area (Å²) in [5, 5.41) is 101. The first kappa shape index (κ1) is 30.6. The van der Waals surface area contributed by atoms with Crippen LogP contribution in [0.1, 0.15) is 91.1 Å². The number of aromatic hydroxyl groups is 9. The van der Waals surface area contributed by atoms with Crippen molar-refractivity contribution in [2.24, 2.45) is 0 Å². The van der Waals surface area contributed by atoms with Crippen molar-refractivity contribution in [1.29, 1.82) is 0 Å². The summed E-state index contributed by atoms with van der Waals surface area (Å²) in [6.07, 6.45) is 0. The lowest BCUT2D eigenvalue weighted by molar-refractivity contribution is 0.425. The van der Waals surface area contributed by atoms with Crippen LogP contribution >= 0.6 is 0 Å². The van der Waals surface area contributed by atoms with E-state index in [1.54, 1.807) is 66.7 Å². The van der Waals surface area contributed by atoms with Crippen LogP contribution in [0.5, 0.6) is 51.7 Å². The number of phenols is 9. The Balaban J connectivity index is 1.49. The first-order valence-electron chi connectivity index (χ1n) is 16.6. The third-order valence-electron chi connectivity index (χ3n) is 11.2. The van der Waals surface area contributed by atoms with Crippen molar-refractivity contribution in [3.05, 3.63) is 159 Å². The van der Waals surface area contributed by atoms with Gasteiger partial charge in [0.2, 0.25) is 0 Å². The molecule has 0 saturated carbocycles. The molecule has 6 aromatic carbocycles. The second-order valence-corrected chi connectivity index (χ2v) is 13.8. The lowest BCUT2D eigenvalue weighted by Crippen LogP contribution is -2.22. The number of rotatable bonds is 3. The van der Waals surface area contributed by atoms with Crippen LogP contribution in [0.25, 0.3) is 0 Å². The summed E-state index contributed by atoms with van der Waals surface area (Å²) in [5.41, 5.74) is 5.54. The van der Waals surface area contributed by atoms with E-state index in [-0.39, 0.29) is 51.7 Å². The minimum atomic E-state index is -0.890. The zero-order chi connectivity index (χ0) is 35.5. The fourth-order valence-corrected chi connectivity index (χ4v) is 9.55. The van der Waals surface area contributed by atoms with Gasteiger partial charge in [-0.25, -0.2) is 0 Å². The standard InChI is InChI=1S/C42H32O9/c43-21-5-1-18(2-6-21)32-27-16-23(45)9-10-26(27)35-36-28(48)11-12-29(49)37(36)40(32)39-31(51)17-30(50)38-34(20-13-24(46)15-25(47)14-20)33(41(35)42(38)39)19-3-7-22(44)8-4-19/h1-17,32-35,40-41,43-51H/t32-,33+,34+,35-,40?,41-/m1/s1. The molecule has 3 aliphatic rings. The van der Waals surface area contributed by atoms with Gasteiger partial charge in [0.05, 0.1) is 0 Å². The lowest BCUT2D eigenvalue weighted by Gasteiger charge is -2.36. The third kappa shape index (κ3) is 4.34. The van der Waals surface area contributed by atoms with Gasteiger partial charge in [0.1, 0.15) is 51.7 Å². The summed E-state index contributed by atoms with van der Waals surface area (Å²) < 4.78 is 0. The van der Waals surface area contributed by atoms with Crippen LogP contribution in [0.15, 0.2) is 103 Å². The van der Waals surface area contributed by atoms with Crippen molar-refractivity contribution in [3.8, 4) is 51.7 Å². The SMILES string of the molecule is Oc1ccc([C@@H]2c3cc(O)ccc3[C@@H]3c4c(O)ccc(O)c4C2c2c(O)cc(O)c4c2[C@@H]3[C@@H](c2ccc(O)cc2)[C@@H]4c2cc(O)cc(O)c2)cc1.